The van der Waals surface area contributed by atoms with Crippen LogP contribution in [-0.4, -0.2) is 41.8 Å². The van der Waals surface area contributed by atoms with Crippen molar-refractivity contribution in [1.82, 2.24) is 0 Å². The lowest BCUT2D eigenvalue weighted by Gasteiger charge is -2.25. The molecule has 0 aliphatic carbocycles. The van der Waals surface area contributed by atoms with E-state index in [9.17, 15) is 13.2 Å². The Morgan fingerprint density at radius 2 is 1.79 bits per heavy atom. The van der Waals surface area contributed by atoms with Crippen LogP contribution in [0.1, 0.15) is 22.8 Å². The first-order valence-corrected chi connectivity index (χ1v) is 10.4. The van der Waals surface area contributed by atoms with Crippen LogP contribution in [0.3, 0.4) is 0 Å². The molecular formula is C21H25NO6S. The van der Waals surface area contributed by atoms with Gasteiger partial charge in [0.25, 0.3) is 10.0 Å². The number of sulfonamides is 1. The number of rotatable bonds is 9. The number of benzene rings is 2. The van der Waals surface area contributed by atoms with Crippen LogP contribution in [0, 0.1) is 6.92 Å². The highest BCUT2D eigenvalue weighted by molar-refractivity contribution is 7.92. The Kier molecular flexibility index (Phi) is 7.28. The third-order valence-electron chi connectivity index (χ3n) is 4.21. The summed E-state index contributed by atoms with van der Waals surface area (Å²) < 4.78 is 43.3. The molecule has 2 aromatic rings. The normalized spacial score (nSPS) is 10.9. The topological polar surface area (TPSA) is 82.1 Å². The van der Waals surface area contributed by atoms with Gasteiger partial charge in [0, 0.05) is 6.07 Å². The fourth-order valence-electron chi connectivity index (χ4n) is 2.82. The fraction of sp³-hybridized carbons (Fsp3) is 0.286. The van der Waals surface area contributed by atoms with Crippen molar-refractivity contribution >= 4 is 21.7 Å². The standard InChI is InChI=1S/C21H25NO6S/c1-6-12-22(18-10-8-16(13-15(18)3)21(23)28-7-2)29(24,25)17-9-11-19(26-4)20(14-17)27-5/h6,8-11,13-14H,1,7,12H2,2-5H3. The number of carbonyl (C=O) groups is 1. The van der Waals surface area contributed by atoms with E-state index in [0.29, 0.717) is 28.3 Å². The lowest BCUT2D eigenvalue weighted by atomic mass is 10.1. The number of nitrogens with zero attached hydrogens (tertiary/aromatic N) is 1. The molecule has 0 spiro atoms. The van der Waals surface area contributed by atoms with Gasteiger partial charge in [-0.15, -0.1) is 6.58 Å². The van der Waals surface area contributed by atoms with E-state index < -0.39 is 16.0 Å². The van der Waals surface area contributed by atoms with Crippen molar-refractivity contribution in [3.05, 3.63) is 60.2 Å². The number of hydrogen-bond donors (Lipinski definition) is 0. The summed E-state index contributed by atoms with van der Waals surface area (Å²) in [5.74, 6) is 0.276. The number of esters is 1. The maximum Gasteiger partial charge on any atom is 0.338 e. The zero-order valence-corrected chi connectivity index (χ0v) is 17.8. The molecule has 2 rings (SSSR count). The zero-order valence-electron chi connectivity index (χ0n) is 17.0. The van der Waals surface area contributed by atoms with Gasteiger partial charge in [0.1, 0.15) is 0 Å². The van der Waals surface area contributed by atoms with E-state index in [0.717, 1.165) is 0 Å². The van der Waals surface area contributed by atoms with Crippen LogP contribution in [0.5, 0.6) is 11.5 Å². The molecule has 0 radical (unpaired) electrons. The molecule has 0 aliphatic rings. The lowest BCUT2D eigenvalue weighted by molar-refractivity contribution is 0.0526. The number of anilines is 1. The molecule has 0 saturated carbocycles. The minimum atomic E-state index is -3.93. The van der Waals surface area contributed by atoms with Gasteiger partial charge in [-0.1, -0.05) is 6.08 Å². The number of carbonyl (C=O) groups excluding carboxylic acids is 1. The molecule has 8 heteroatoms. The summed E-state index contributed by atoms with van der Waals surface area (Å²) >= 11 is 0. The Morgan fingerprint density at radius 3 is 2.34 bits per heavy atom. The maximum absolute atomic E-state index is 13.4. The van der Waals surface area contributed by atoms with Gasteiger partial charge in [-0.25, -0.2) is 13.2 Å². The lowest BCUT2D eigenvalue weighted by Crippen LogP contribution is -2.32. The number of methoxy groups -OCH3 is 2. The monoisotopic (exact) mass is 419 g/mol. The quantitative estimate of drug-likeness (QED) is 0.457. The van der Waals surface area contributed by atoms with Crippen molar-refractivity contribution in [3.63, 3.8) is 0 Å². The van der Waals surface area contributed by atoms with Crippen molar-refractivity contribution in [3.8, 4) is 11.5 Å². The third kappa shape index (κ3) is 4.71. The van der Waals surface area contributed by atoms with E-state index in [2.05, 4.69) is 6.58 Å². The molecule has 0 amide bonds. The highest BCUT2D eigenvalue weighted by atomic mass is 32.2. The summed E-state index contributed by atoms with van der Waals surface area (Å²) in [7, 11) is -1.01. The second-order valence-corrected chi connectivity index (χ2v) is 7.93. The predicted octanol–water partition coefficient (Wildman–Crippen LogP) is 3.57. The summed E-state index contributed by atoms with van der Waals surface area (Å²) in [6.07, 6.45) is 1.50. The molecule has 0 heterocycles. The van der Waals surface area contributed by atoms with Crippen molar-refractivity contribution in [2.75, 3.05) is 31.7 Å². The zero-order chi connectivity index (χ0) is 21.6. The number of ether oxygens (including phenoxy) is 3. The number of aryl methyl sites for hydroxylation is 1. The van der Waals surface area contributed by atoms with Crippen LogP contribution in [0.2, 0.25) is 0 Å². The molecule has 0 aliphatic heterocycles. The summed E-state index contributed by atoms with van der Waals surface area (Å²) in [6, 6.07) is 9.13. The molecular weight excluding hydrogens is 394 g/mol. The average molecular weight is 419 g/mol. The first kappa shape index (κ1) is 22.3. The van der Waals surface area contributed by atoms with Gasteiger partial charge in [-0.05, 0) is 49.7 Å². The van der Waals surface area contributed by atoms with E-state index in [1.54, 1.807) is 32.0 Å². The van der Waals surface area contributed by atoms with Crippen molar-refractivity contribution < 1.29 is 27.4 Å². The minimum absolute atomic E-state index is 0.0471. The van der Waals surface area contributed by atoms with Crippen molar-refractivity contribution in [1.29, 1.82) is 0 Å². The molecule has 2 aromatic carbocycles. The van der Waals surface area contributed by atoms with Crippen LogP contribution < -0.4 is 13.8 Å². The van der Waals surface area contributed by atoms with Gasteiger partial charge >= 0.3 is 5.97 Å². The Balaban J connectivity index is 2.53. The van der Waals surface area contributed by atoms with E-state index in [1.807, 2.05) is 0 Å². The van der Waals surface area contributed by atoms with Crippen LogP contribution in [0.15, 0.2) is 53.9 Å². The molecule has 0 aromatic heterocycles. The molecule has 0 bridgehead atoms. The molecule has 0 fully saturated rings. The van der Waals surface area contributed by atoms with Gasteiger partial charge < -0.3 is 14.2 Å². The predicted molar refractivity (Wildman–Crippen MR) is 111 cm³/mol. The Morgan fingerprint density at radius 1 is 1.10 bits per heavy atom. The molecule has 7 nitrogen and oxygen atoms in total. The summed E-state index contributed by atoms with van der Waals surface area (Å²) in [5.41, 5.74) is 1.41. The Bertz CT molecular complexity index is 1000. The van der Waals surface area contributed by atoms with Crippen molar-refractivity contribution in [2.45, 2.75) is 18.7 Å². The molecule has 0 unspecified atom stereocenters. The van der Waals surface area contributed by atoms with Gasteiger partial charge in [-0.2, -0.15) is 0 Å². The van der Waals surface area contributed by atoms with Crippen LogP contribution in [0.25, 0.3) is 0 Å². The second-order valence-electron chi connectivity index (χ2n) is 6.06. The average Bonchev–Trinajstić information content (AvgIpc) is 2.71. The maximum atomic E-state index is 13.4. The Hall–Kier alpha value is -3.00. The van der Waals surface area contributed by atoms with E-state index in [1.165, 1.54) is 42.8 Å². The second kappa shape index (κ2) is 9.47. The molecule has 156 valence electrons. The summed E-state index contributed by atoms with van der Waals surface area (Å²) in [6.45, 7) is 7.44. The third-order valence-corrected chi connectivity index (χ3v) is 5.99. The van der Waals surface area contributed by atoms with E-state index >= 15 is 0 Å². The van der Waals surface area contributed by atoms with Crippen LogP contribution in [-0.2, 0) is 14.8 Å². The van der Waals surface area contributed by atoms with Crippen molar-refractivity contribution in [2.24, 2.45) is 0 Å². The van der Waals surface area contributed by atoms with Crippen LogP contribution >= 0.6 is 0 Å². The molecule has 0 N–H and O–H groups in total. The summed E-state index contributed by atoms with van der Waals surface area (Å²) in [4.78, 5) is 12.0. The van der Waals surface area contributed by atoms with Gasteiger partial charge in [-0.3, -0.25) is 4.31 Å². The molecule has 0 saturated heterocycles. The van der Waals surface area contributed by atoms with Gasteiger partial charge in [0.2, 0.25) is 0 Å². The largest absolute Gasteiger partial charge is 0.493 e. The molecule has 0 atom stereocenters. The first-order chi connectivity index (χ1) is 13.8. The van der Waals surface area contributed by atoms with E-state index in [-0.39, 0.29) is 18.0 Å². The smallest absolute Gasteiger partial charge is 0.338 e. The van der Waals surface area contributed by atoms with E-state index in [4.69, 9.17) is 14.2 Å². The highest BCUT2D eigenvalue weighted by Crippen LogP contribution is 2.33. The molecule has 29 heavy (non-hydrogen) atoms. The summed E-state index contributed by atoms with van der Waals surface area (Å²) in [5, 5.41) is 0. The minimum Gasteiger partial charge on any atom is -0.493 e. The van der Waals surface area contributed by atoms with Gasteiger partial charge in [0.15, 0.2) is 11.5 Å². The van der Waals surface area contributed by atoms with Crippen LogP contribution in [0.4, 0.5) is 5.69 Å². The van der Waals surface area contributed by atoms with Gasteiger partial charge in [0.05, 0.1) is 43.5 Å². The SMILES string of the molecule is C=CCN(c1ccc(C(=O)OCC)cc1C)S(=O)(=O)c1ccc(OC)c(OC)c1. The highest BCUT2D eigenvalue weighted by Gasteiger charge is 2.27. The fourth-order valence-corrected chi connectivity index (χ4v) is 4.34. The Labute approximate surface area is 171 Å². The number of hydrogen-bond acceptors (Lipinski definition) is 6. The first-order valence-electron chi connectivity index (χ1n) is 8.93.